The SMILES string of the molecule is COc1ccc(S(=O)(=O)N2CCCCCC2)cc1C(=O)NCCCN(C)C. The zero-order chi connectivity index (χ0) is 19.9. The average molecular weight is 398 g/mol. The van der Waals surface area contributed by atoms with Gasteiger partial charge in [-0.1, -0.05) is 12.8 Å². The maximum absolute atomic E-state index is 13.0. The van der Waals surface area contributed by atoms with Crippen molar-refractivity contribution in [1.29, 1.82) is 0 Å². The van der Waals surface area contributed by atoms with Gasteiger partial charge in [0.15, 0.2) is 0 Å². The third-order valence-electron chi connectivity index (χ3n) is 4.69. The number of sulfonamides is 1. The topological polar surface area (TPSA) is 79.0 Å². The van der Waals surface area contributed by atoms with Crippen molar-refractivity contribution in [3.63, 3.8) is 0 Å². The predicted molar refractivity (Wildman–Crippen MR) is 106 cm³/mol. The van der Waals surface area contributed by atoms with E-state index in [2.05, 4.69) is 5.32 Å². The molecule has 1 aromatic carbocycles. The van der Waals surface area contributed by atoms with Crippen LogP contribution in [0.25, 0.3) is 0 Å². The lowest BCUT2D eigenvalue weighted by Gasteiger charge is -2.20. The molecule has 27 heavy (non-hydrogen) atoms. The first-order chi connectivity index (χ1) is 12.9. The van der Waals surface area contributed by atoms with Crippen molar-refractivity contribution in [2.24, 2.45) is 0 Å². The summed E-state index contributed by atoms with van der Waals surface area (Å²) < 4.78 is 32.8. The Morgan fingerprint density at radius 2 is 1.85 bits per heavy atom. The van der Waals surface area contributed by atoms with E-state index >= 15 is 0 Å². The molecule has 0 saturated carbocycles. The highest BCUT2D eigenvalue weighted by Gasteiger charge is 2.27. The van der Waals surface area contributed by atoms with E-state index in [1.54, 1.807) is 6.07 Å². The standard InChI is InChI=1S/C19H31N3O4S/c1-21(2)12-8-11-20-19(23)17-15-16(9-10-18(17)26-3)27(24,25)22-13-6-4-5-7-14-22/h9-10,15H,4-8,11-14H2,1-3H3,(H,20,23). The van der Waals surface area contributed by atoms with Gasteiger partial charge in [0.1, 0.15) is 5.75 Å². The molecule has 1 amide bonds. The van der Waals surface area contributed by atoms with E-state index in [-0.39, 0.29) is 16.4 Å². The van der Waals surface area contributed by atoms with E-state index in [4.69, 9.17) is 4.74 Å². The van der Waals surface area contributed by atoms with Crippen molar-refractivity contribution in [3.05, 3.63) is 23.8 Å². The van der Waals surface area contributed by atoms with Gasteiger partial charge in [0.25, 0.3) is 5.91 Å². The number of benzene rings is 1. The zero-order valence-electron chi connectivity index (χ0n) is 16.5. The van der Waals surface area contributed by atoms with Crippen LogP contribution < -0.4 is 10.1 Å². The van der Waals surface area contributed by atoms with Crippen molar-refractivity contribution in [2.75, 3.05) is 47.4 Å². The smallest absolute Gasteiger partial charge is 0.255 e. The van der Waals surface area contributed by atoms with Gasteiger partial charge in [0.05, 0.1) is 17.6 Å². The molecule has 1 aliphatic heterocycles. The minimum atomic E-state index is -3.61. The van der Waals surface area contributed by atoms with Gasteiger partial charge in [-0.3, -0.25) is 4.79 Å². The first kappa shape index (κ1) is 21.7. The van der Waals surface area contributed by atoms with Crippen LogP contribution in [0.4, 0.5) is 0 Å². The summed E-state index contributed by atoms with van der Waals surface area (Å²) >= 11 is 0. The van der Waals surface area contributed by atoms with Gasteiger partial charge in [-0.2, -0.15) is 4.31 Å². The molecule has 1 aromatic rings. The predicted octanol–water partition coefficient (Wildman–Crippen LogP) is 1.94. The highest BCUT2D eigenvalue weighted by atomic mass is 32.2. The molecule has 1 fully saturated rings. The van der Waals surface area contributed by atoms with Crippen LogP contribution in [0.3, 0.4) is 0 Å². The van der Waals surface area contributed by atoms with Crippen LogP contribution in [0.15, 0.2) is 23.1 Å². The Hall–Kier alpha value is -1.64. The fourth-order valence-corrected chi connectivity index (χ4v) is 4.69. The molecule has 8 heteroatoms. The fraction of sp³-hybridized carbons (Fsp3) is 0.632. The number of rotatable bonds is 8. The Bertz CT molecular complexity index is 726. The molecule has 0 aliphatic carbocycles. The average Bonchev–Trinajstić information content (AvgIpc) is 2.94. The van der Waals surface area contributed by atoms with Gasteiger partial charge >= 0.3 is 0 Å². The van der Waals surface area contributed by atoms with Crippen LogP contribution in [-0.4, -0.2) is 70.9 Å². The molecule has 0 radical (unpaired) electrons. The second kappa shape index (κ2) is 10.1. The minimum absolute atomic E-state index is 0.142. The number of carbonyl (C=O) groups excluding carboxylic acids is 1. The number of nitrogens with one attached hydrogen (secondary N) is 1. The van der Waals surface area contributed by atoms with Crippen LogP contribution in [0.1, 0.15) is 42.5 Å². The Balaban J connectivity index is 2.19. The first-order valence-corrected chi connectivity index (χ1v) is 10.9. The Kier molecular flexibility index (Phi) is 8.07. The molecule has 0 bridgehead atoms. The monoisotopic (exact) mass is 397 g/mol. The number of hydrogen-bond donors (Lipinski definition) is 1. The normalized spacial score (nSPS) is 16.1. The van der Waals surface area contributed by atoms with Crippen LogP contribution in [0.5, 0.6) is 5.75 Å². The number of nitrogens with zero attached hydrogens (tertiary/aromatic N) is 2. The molecule has 2 rings (SSSR count). The van der Waals surface area contributed by atoms with E-state index < -0.39 is 10.0 Å². The molecule has 1 aliphatic rings. The van der Waals surface area contributed by atoms with Gasteiger partial charge in [0.2, 0.25) is 10.0 Å². The summed E-state index contributed by atoms with van der Waals surface area (Å²) in [5, 5.41) is 2.84. The lowest BCUT2D eigenvalue weighted by molar-refractivity contribution is 0.0949. The van der Waals surface area contributed by atoms with Crippen LogP contribution in [0.2, 0.25) is 0 Å². The number of amides is 1. The maximum Gasteiger partial charge on any atom is 0.255 e. The second-order valence-electron chi connectivity index (χ2n) is 7.09. The molecular formula is C19H31N3O4S. The molecule has 0 atom stereocenters. The first-order valence-electron chi connectivity index (χ1n) is 9.47. The Morgan fingerprint density at radius 1 is 1.19 bits per heavy atom. The van der Waals surface area contributed by atoms with Crippen molar-refractivity contribution in [1.82, 2.24) is 14.5 Å². The summed E-state index contributed by atoms with van der Waals surface area (Å²) in [5.74, 6) is 0.0495. The maximum atomic E-state index is 13.0. The molecule has 152 valence electrons. The van der Waals surface area contributed by atoms with Gasteiger partial charge in [-0.05, 0) is 58.1 Å². The summed E-state index contributed by atoms with van der Waals surface area (Å²) in [5.41, 5.74) is 0.248. The molecule has 0 unspecified atom stereocenters. The molecular weight excluding hydrogens is 366 g/mol. The number of hydrogen-bond acceptors (Lipinski definition) is 5. The molecule has 1 heterocycles. The van der Waals surface area contributed by atoms with Gasteiger partial charge < -0.3 is 15.0 Å². The number of carbonyl (C=O) groups is 1. The van der Waals surface area contributed by atoms with Crippen LogP contribution >= 0.6 is 0 Å². The highest BCUT2D eigenvalue weighted by Crippen LogP contribution is 2.26. The Morgan fingerprint density at radius 3 is 2.44 bits per heavy atom. The Labute approximate surface area is 162 Å². The van der Waals surface area contributed by atoms with Crippen molar-refractivity contribution < 1.29 is 17.9 Å². The summed E-state index contributed by atoms with van der Waals surface area (Å²) in [7, 11) is 1.81. The fourth-order valence-electron chi connectivity index (χ4n) is 3.15. The third-order valence-corrected chi connectivity index (χ3v) is 6.58. The van der Waals surface area contributed by atoms with E-state index in [9.17, 15) is 13.2 Å². The molecule has 7 nitrogen and oxygen atoms in total. The van der Waals surface area contributed by atoms with Crippen LogP contribution in [0, 0.1) is 0 Å². The molecule has 0 spiro atoms. The quantitative estimate of drug-likeness (QED) is 0.678. The van der Waals surface area contributed by atoms with Crippen molar-refractivity contribution in [3.8, 4) is 5.75 Å². The number of methoxy groups -OCH3 is 1. The van der Waals surface area contributed by atoms with E-state index in [1.165, 1.54) is 23.5 Å². The van der Waals surface area contributed by atoms with Gasteiger partial charge in [0, 0.05) is 19.6 Å². The minimum Gasteiger partial charge on any atom is -0.496 e. The zero-order valence-corrected chi connectivity index (χ0v) is 17.3. The summed E-state index contributed by atoms with van der Waals surface area (Å²) in [6.07, 6.45) is 4.65. The van der Waals surface area contributed by atoms with E-state index in [0.29, 0.717) is 25.4 Å². The summed E-state index contributed by atoms with van der Waals surface area (Å²) in [4.78, 5) is 14.8. The third kappa shape index (κ3) is 5.92. The lowest BCUT2D eigenvalue weighted by Crippen LogP contribution is -2.32. The largest absolute Gasteiger partial charge is 0.496 e. The van der Waals surface area contributed by atoms with E-state index in [1.807, 2.05) is 19.0 Å². The molecule has 0 aromatic heterocycles. The van der Waals surface area contributed by atoms with Gasteiger partial charge in [-0.25, -0.2) is 8.42 Å². The summed E-state index contributed by atoms with van der Waals surface area (Å²) in [6, 6.07) is 4.50. The van der Waals surface area contributed by atoms with Crippen LogP contribution in [-0.2, 0) is 10.0 Å². The molecule has 1 N–H and O–H groups in total. The summed E-state index contributed by atoms with van der Waals surface area (Å²) in [6.45, 7) is 2.44. The van der Waals surface area contributed by atoms with Gasteiger partial charge in [-0.15, -0.1) is 0 Å². The second-order valence-corrected chi connectivity index (χ2v) is 9.03. The number of ether oxygens (including phenoxy) is 1. The van der Waals surface area contributed by atoms with E-state index in [0.717, 1.165) is 38.6 Å². The molecule has 1 saturated heterocycles. The van der Waals surface area contributed by atoms with Crippen molar-refractivity contribution in [2.45, 2.75) is 37.0 Å². The highest BCUT2D eigenvalue weighted by molar-refractivity contribution is 7.89. The lowest BCUT2D eigenvalue weighted by atomic mass is 10.2. The van der Waals surface area contributed by atoms with Crippen molar-refractivity contribution >= 4 is 15.9 Å².